The number of rotatable bonds is 2. The van der Waals surface area contributed by atoms with Crippen LogP contribution in [0.25, 0.3) is 16.3 Å². The highest BCUT2D eigenvalue weighted by Gasteiger charge is 2.36. The molecule has 3 aromatic rings. The molecule has 0 saturated heterocycles. The van der Waals surface area contributed by atoms with Gasteiger partial charge < -0.3 is 4.74 Å². The summed E-state index contributed by atoms with van der Waals surface area (Å²) in [6, 6.07) is 4.73. The topological polar surface area (TPSA) is 52.3 Å². The van der Waals surface area contributed by atoms with Gasteiger partial charge in [-0.1, -0.05) is 22.9 Å². The lowest BCUT2D eigenvalue weighted by molar-refractivity contribution is -0.138. The molecule has 0 atom stereocenters. The Morgan fingerprint density at radius 3 is 2.71 bits per heavy atom. The van der Waals surface area contributed by atoms with Crippen LogP contribution in [-0.4, -0.2) is 26.9 Å². The monoisotopic (exact) mass is 334 g/mol. The number of hydrogen-bond donors (Lipinski definition) is 0. The SMILES string of the molecule is COc1ccc(Cl)cc1-c1nnc2sc(C(F)(F)F)nn12. The van der Waals surface area contributed by atoms with E-state index in [9.17, 15) is 13.2 Å². The fraction of sp³-hybridized carbons (Fsp3) is 0.182. The number of hydrogen-bond acceptors (Lipinski definition) is 5. The second-order valence-electron chi connectivity index (χ2n) is 3.97. The summed E-state index contributed by atoms with van der Waals surface area (Å²) in [5.74, 6) is 0.548. The zero-order chi connectivity index (χ0) is 15.2. The molecule has 0 saturated carbocycles. The summed E-state index contributed by atoms with van der Waals surface area (Å²) >= 11 is 6.33. The molecule has 0 aliphatic rings. The third kappa shape index (κ3) is 2.42. The summed E-state index contributed by atoms with van der Waals surface area (Å²) in [6.45, 7) is 0. The maximum absolute atomic E-state index is 12.7. The third-order valence-electron chi connectivity index (χ3n) is 2.64. The average molecular weight is 335 g/mol. The van der Waals surface area contributed by atoms with Crippen molar-refractivity contribution in [1.82, 2.24) is 19.8 Å². The quantitative estimate of drug-likeness (QED) is 0.719. The van der Waals surface area contributed by atoms with Crippen LogP contribution in [0.4, 0.5) is 13.2 Å². The summed E-state index contributed by atoms with van der Waals surface area (Å²) in [7, 11) is 1.44. The van der Waals surface area contributed by atoms with Crippen LogP contribution in [0.15, 0.2) is 18.2 Å². The van der Waals surface area contributed by atoms with E-state index in [-0.39, 0.29) is 10.8 Å². The maximum atomic E-state index is 12.7. The number of fused-ring (bicyclic) bond motifs is 1. The highest BCUT2D eigenvalue weighted by atomic mass is 35.5. The molecule has 2 aromatic heterocycles. The molecule has 21 heavy (non-hydrogen) atoms. The second-order valence-corrected chi connectivity index (χ2v) is 5.36. The Bertz CT molecular complexity index is 814. The lowest BCUT2D eigenvalue weighted by Gasteiger charge is -2.06. The number of halogens is 4. The molecule has 0 amide bonds. The van der Waals surface area contributed by atoms with Gasteiger partial charge in [-0.05, 0) is 18.2 Å². The van der Waals surface area contributed by atoms with Crippen molar-refractivity contribution < 1.29 is 17.9 Å². The third-order valence-corrected chi connectivity index (χ3v) is 3.81. The van der Waals surface area contributed by atoms with E-state index in [1.165, 1.54) is 13.2 Å². The van der Waals surface area contributed by atoms with Gasteiger partial charge in [0.05, 0.1) is 12.7 Å². The van der Waals surface area contributed by atoms with Crippen LogP contribution in [0.1, 0.15) is 5.01 Å². The van der Waals surface area contributed by atoms with Crippen molar-refractivity contribution >= 4 is 27.9 Å². The van der Waals surface area contributed by atoms with Crippen LogP contribution in [0.5, 0.6) is 5.75 Å². The van der Waals surface area contributed by atoms with Crippen LogP contribution in [0.2, 0.25) is 5.02 Å². The first-order chi connectivity index (χ1) is 9.90. The molecule has 3 rings (SSSR count). The van der Waals surface area contributed by atoms with Crippen molar-refractivity contribution in [3.63, 3.8) is 0 Å². The fourth-order valence-electron chi connectivity index (χ4n) is 1.75. The fourth-order valence-corrected chi connectivity index (χ4v) is 2.63. The highest BCUT2D eigenvalue weighted by molar-refractivity contribution is 7.16. The molecule has 0 N–H and O–H groups in total. The number of aromatic nitrogens is 4. The first-order valence-electron chi connectivity index (χ1n) is 5.53. The molecule has 1 aromatic carbocycles. The van der Waals surface area contributed by atoms with Gasteiger partial charge in [0.2, 0.25) is 9.97 Å². The zero-order valence-corrected chi connectivity index (χ0v) is 11.9. The van der Waals surface area contributed by atoms with Gasteiger partial charge in [-0.2, -0.15) is 17.7 Å². The summed E-state index contributed by atoms with van der Waals surface area (Å²) < 4.78 is 44.3. The van der Waals surface area contributed by atoms with Gasteiger partial charge in [0.25, 0.3) is 0 Å². The Labute approximate surface area is 124 Å². The summed E-state index contributed by atoms with van der Waals surface area (Å²) in [4.78, 5) is 0.0411. The second kappa shape index (κ2) is 4.85. The molecule has 110 valence electrons. The van der Waals surface area contributed by atoms with Gasteiger partial charge in [0.1, 0.15) is 5.75 Å². The van der Waals surface area contributed by atoms with Gasteiger partial charge in [0, 0.05) is 5.02 Å². The average Bonchev–Trinajstić information content (AvgIpc) is 2.97. The molecular formula is C11H6ClF3N4OS. The molecule has 0 spiro atoms. The number of alkyl halides is 3. The van der Waals surface area contributed by atoms with Crippen LogP contribution >= 0.6 is 22.9 Å². The van der Waals surface area contributed by atoms with Gasteiger partial charge >= 0.3 is 6.18 Å². The van der Waals surface area contributed by atoms with Crippen molar-refractivity contribution in [3.05, 3.63) is 28.2 Å². The van der Waals surface area contributed by atoms with Gasteiger partial charge in [-0.15, -0.1) is 15.3 Å². The molecule has 10 heteroatoms. The van der Waals surface area contributed by atoms with Crippen LogP contribution in [0.3, 0.4) is 0 Å². The Balaban J connectivity index is 2.21. The van der Waals surface area contributed by atoms with Crippen LogP contribution < -0.4 is 4.74 Å². The van der Waals surface area contributed by atoms with E-state index >= 15 is 0 Å². The van der Waals surface area contributed by atoms with E-state index in [1.54, 1.807) is 12.1 Å². The van der Waals surface area contributed by atoms with Crippen LogP contribution in [0, 0.1) is 0 Å². The minimum absolute atomic E-state index is 0.0411. The predicted molar refractivity (Wildman–Crippen MR) is 70.7 cm³/mol. The summed E-state index contributed by atoms with van der Waals surface area (Å²) in [6.07, 6.45) is -4.53. The largest absolute Gasteiger partial charge is 0.496 e. The minimum atomic E-state index is -4.53. The van der Waals surface area contributed by atoms with Crippen LogP contribution in [-0.2, 0) is 6.18 Å². The molecule has 5 nitrogen and oxygen atoms in total. The van der Waals surface area contributed by atoms with Crippen molar-refractivity contribution in [3.8, 4) is 17.1 Å². The lowest BCUT2D eigenvalue weighted by atomic mass is 10.2. The van der Waals surface area contributed by atoms with Crippen molar-refractivity contribution in [1.29, 1.82) is 0 Å². The van der Waals surface area contributed by atoms with E-state index in [1.807, 2.05) is 0 Å². The lowest BCUT2D eigenvalue weighted by Crippen LogP contribution is -2.05. The Kier molecular flexibility index (Phi) is 3.25. The van der Waals surface area contributed by atoms with Gasteiger partial charge in [-0.25, -0.2) is 0 Å². The first kappa shape index (κ1) is 14.1. The molecule has 0 aliphatic heterocycles. The molecule has 0 aliphatic carbocycles. The highest BCUT2D eigenvalue weighted by Crippen LogP contribution is 2.36. The van der Waals surface area contributed by atoms with E-state index in [0.29, 0.717) is 27.7 Å². The van der Waals surface area contributed by atoms with Crippen molar-refractivity contribution in [2.45, 2.75) is 6.18 Å². The van der Waals surface area contributed by atoms with Gasteiger partial charge in [-0.3, -0.25) is 0 Å². The van der Waals surface area contributed by atoms with E-state index in [0.717, 1.165) is 4.52 Å². The number of methoxy groups -OCH3 is 1. The van der Waals surface area contributed by atoms with E-state index in [4.69, 9.17) is 16.3 Å². The molecule has 0 fully saturated rings. The zero-order valence-electron chi connectivity index (χ0n) is 10.3. The Hall–Kier alpha value is -1.87. The maximum Gasteiger partial charge on any atom is 0.445 e. The molecular weight excluding hydrogens is 329 g/mol. The van der Waals surface area contributed by atoms with Gasteiger partial charge in [0.15, 0.2) is 5.82 Å². The number of ether oxygens (including phenoxy) is 1. The minimum Gasteiger partial charge on any atom is -0.496 e. The molecule has 0 bridgehead atoms. The Morgan fingerprint density at radius 2 is 2.05 bits per heavy atom. The van der Waals surface area contributed by atoms with Crippen molar-refractivity contribution in [2.24, 2.45) is 0 Å². The number of nitrogens with zero attached hydrogens (tertiary/aromatic N) is 4. The first-order valence-corrected chi connectivity index (χ1v) is 6.73. The standard InChI is InChI=1S/C11H6ClF3N4OS/c1-20-7-3-2-5(12)4-6(7)8-16-17-10-19(8)18-9(21-10)11(13,14)15/h2-4H,1H3. The smallest absolute Gasteiger partial charge is 0.445 e. The molecule has 0 unspecified atom stereocenters. The molecule has 2 heterocycles. The predicted octanol–water partition coefficient (Wildman–Crippen LogP) is 3.53. The van der Waals surface area contributed by atoms with Crippen molar-refractivity contribution in [2.75, 3.05) is 7.11 Å². The summed E-state index contributed by atoms with van der Waals surface area (Å²) in [5.41, 5.74) is 0.413. The van der Waals surface area contributed by atoms with E-state index < -0.39 is 11.2 Å². The van der Waals surface area contributed by atoms with E-state index in [2.05, 4.69) is 15.3 Å². The number of benzene rings is 1. The Morgan fingerprint density at radius 1 is 1.29 bits per heavy atom. The normalized spacial score (nSPS) is 12.0. The summed E-state index contributed by atoms with van der Waals surface area (Å²) in [5, 5.41) is 10.5. The molecule has 0 radical (unpaired) electrons.